The first-order chi connectivity index (χ1) is 13.4. The SMILES string of the molecule is CN1CCC1C(=O)N1CCN(Cc2cccc3cc(OC(=O)O)n(C)c23)CC1. The Morgan fingerprint density at radius 3 is 2.50 bits per heavy atom. The number of carbonyl (C=O) groups is 2. The summed E-state index contributed by atoms with van der Waals surface area (Å²) >= 11 is 0. The van der Waals surface area contributed by atoms with Gasteiger partial charge in [-0.25, -0.2) is 4.79 Å². The van der Waals surface area contributed by atoms with E-state index in [0.29, 0.717) is 5.88 Å². The van der Waals surface area contributed by atoms with Crippen LogP contribution in [0.2, 0.25) is 0 Å². The van der Waals surface area contributed by atoms with Gasteiger partial charge in [-0.3, -0.25) is 14.6 Å². The number of para-hydroxylation sites is 1. The lowest BCUT2D eigenvalue weighted by Crippen LogP contribution is -2.58. The zero-order chi connectivity index (χ0) is 19.8. The highest BCUT2D eigenvalue weighted by atomic mass is 16.7. The van der Waals surface area contributed by atoms with Crippen LogP contribution in [0.4, 0.5) is 4.79 Å². The molecule has 8 heteroatoms. The zero-order valence-corrected chi connectivity index (χ0v) is 16.3. The van der Waals surface area contributed by atoms with Crippen LogP contribution in [-0.4, -0.2) is 82.2 Å². The average Bonchev–Trinajstić information content (AvgIpc) is 2.97. The number of likely N-dealkylation sites (tertiary alicyclic amines) is 1. The molecule has 1 atom stereocenters. The number of carbonyl (C=O) groups excluding carboxylic acids is 1. The van der Waals surface area contributed by atoms with Crippen molar-refractivity contribution in [3.05, 3.63) is 29.8 Å². The number of hydrogen-bond acceptors (Lipinski definition) is 5. The number of aromatic nitrogens is 1. The summed E-state index contributed by atoms with van der Waals surface area (Å²) in [5.41, 5.74) is 2.10. The van der Waals surface area contributed by atoms with Gasteiger partial charge in [-0.1, -0.05) is 18.2 Å². The van der Waals surface area contributed by atoms with E-state index in [1.807, 2.05) is 31.1 Å². The monoisotopic (exact) mass is 386 g/mol. The lowest BCUT2D eigenvalue weighted by molar-refractivity contribution is -0.142. The normalized spacial score (nSPS) is 20.9. The third kappa shape index (κ3) is 3.45. The predicted molar refractivity (Wildman–Crippen MR) is 104 cm³/mol. The smallest absolute Gasteiger partial charge is 0.449 e. The predicted octanol–water partition coefficient (Wildman–Crippen LogP) is 1.58. The summed E-state index contributed by atoms with van der Waals surface area (Å²) in [6, 6.07) is 7.82. The average molecular weight is 386 g/mol. The standard InChI is InChI=1S/C20H26N4O4/c1-21-7-6-16(21)19(25)24-10-8-23(9-11-24)13-15-5-3-4-14-12-17(28-20(26)27)22(2)18(14)15/h3-5,12,16H,6-11,13H2,1-2H3,(H,26,27). The van der Waals surface area contributed by atoms with E-state index < -0.39 is 6.16 Å². The van der Waals surface area contributed by atoms with E-state index >= 15 is 0 Å². The fourth-order valence-electron chi connectivity index (χ4n) is 4.20. The largest absolute Gasteiger partial charge is 0.512 e. The molecule has 1 unspecified atom stereocenters. The second kappa shape index (κ2) is 7.44. The van der Waals surface area contributed by atoms with Crippen molar-refractivity contribution in [2.75, 3.05) is 39.8 Å². The number of hydrogen-bond donors (Lipinski definition) is 1. The van der Waals surface area contributed by atoms with E-state index in [1.54, 1.807) is 10.6 Å². The van der Waals surface area contributed by atoms with Gasteiger partial charge < -0.3 is 19.3 Å². The molecule has 2 fully saturated rings. The molecule has 2 aliphatic heterocycles. The van der Waals surface area contributed by atoms with E-state index in [4.69, 9.17) is 9.84 Å². The summed E-state index contributed by atoms with van der Waals surface area (Å²) in [4.78, 5) is 29.9. The van der Waals surface area contributed by atoms with Gasteiger partial charge in [0.15, 0.2) is 0 Å². The third-order valence-electron chi connectivity index (χ3n) is 5.94. The molecule has 8 nitrogen and oxygen atoms in total. The molecule has 0 spiro atoms. The molecule has 2 aromatic rings. The number of rotatable bonds is 4. The van der Waals surface area contributed by atoms with Gasteiger partial charge in [-0.2, -0.15) is 0 Å². The fourth-order valence-corrected chi connectivity index (χ4v) is 4.20. The summed E-state index contributed by atoms with van der Waals surface area (Å²) < 4.78 is 6.66. The highest BCUT2D eigenvalue weighted by Crippen LogP contribution is 2.28. The van der Waals surface area contributed by atoms with Crippen molar-refractivity contribution in [1.82, 2.24) is 19.3 Å². The Balaban J connectivity index is 1.44. The van der Waals surface area contributed by atoms with Gasteiger partial charge in [0.25, 0.3) is 0 Å². The molecule has 2 saturated heterocycles. The van der Waals surface area contributed by atoms with E-state index in [0.717, 1.165) is 62.2 Å². The maximum Gasteiger partial charge on any atom is 0.512 e. The Hall–Kier alpha value is -2.58. The minimum atomic E-state index is -1.31. The third-order valence-corrected chi connectivity index (χ3v) is 5.94. The van der Waals surface area contributed by atoms with E-state index in [2.05, 4.69) is 15.9 Å². The Morgan fingerprint density at radius 2 is 1.89 bits per heavy atom. The van der Waals surface area contributed by atoms with Crippen LogP contribution in [0, 0.1) is 0 Å². The molecule has 28 heavy (non-hydrogen) atoms. The number of piperazine rings is 1. The number of nitrogens with zero attached hydrogens (tertiary/aromatic N) is 4. The molecule has 1 N–H and O–H groups in total. The van der Waals surface area contributed by atoms with Crippen molar-refractivity contribution in [2.24, 2.45) is 7.05 Å². The van der Waals surface area contributed by atoms with Crippen LogP contribution >= 0.6 is 0 Å². The second-order valence-corrected chi connectivity index (χ2v) is 7.65. The van der Waals surface area contributed by atoms with Crippen molar-refractivity contribution in [1.29, 1.82) is 0 Å². The van der Waals surface area contributed by atoms with Crippen molar-refractivity contribution in [3.63, 3.8) is 0 Å². The van der Waals surface area contributed by atoms with E-state index in [1.165, 1.54) is 0 Å². The number of carboxylic acid groups (broad SMARTS) is 1. The van der Waals surface area contributed by atoms with Gasteiger partial charge in [0.2, 0.25) is 11.8 Å². The highest BCUT2D eigenvalue weighted by Gasteiger charge is 2.35. The molecule has 1 aromatic carbocycles. The number of aryl methyl sites for hydroxylation is 1. The number of likely N-dealkylation sites (N-methyl/N-ethyl adjacent to an activating group) is 1. The second-order valence-electron chi connectivity index (χ2n) is 7.65. The van der Waals surface area contributed by atoms with Gasteiger partial charge in [0.1, 0.15) is 0 Å². The topological polar surface area (TPSA) is 78.2 Å². The molecule has 1 amide bonds. The molecule has 150 valence electrons. The Kier molecular flexibility index (Phi) is 4.99. The Labute approximate surface area is 163 Å². The fraction of sp³-hybridized carbons (Fsp3) is 0.500. The van der Waals surface area contributed by atoms with Crippen molar-refractivity contribution in [3.8, 4) is 5.88 Å². The summed E-state index contributed by atoms with van der Waals surface area (Å²) in [6.07, 6.45) is -0.350. The zero-order valence-electron chi connectivity index (χ0n) is 16.3. The van der Waals surface area contributed by atoms with Gasteiger partial charge in [0, 0.05) is 57.8 Å². The quantitative estimate of drug-likeness (QED) is 0.804. The lowest BCUT2D eigenvalue weighted by atomic mass is 10.0. The van der Waals surface area contributed by atoms with Crippen LogP contribution in [0.25, 0.3) is 10.9 Å². The van der Waals surface area contributed by atoms with Crippen LogP contribution in [-0.2, 0) is 18.4 Å². The first kappa shape index (κ1) is 18.8. The van der Waals surface area contributed by atoms with Gasteiger partial charge >= 0.3 is 6.16 Å². The lowest BCUT2D eigenvalue weighted by Gasteiger charge is -2.42. The van der Waals surface area contributed by atoms with Crippen molar-refractivity contribution in [2.45, 2.75) is 19.0 Å². The molecule has 3 heterocycles. The van der Waals surface area contributed by atoms with Gasteiger partial charge in [-0.05, 0) is 19.0 Å². The van der Waals surface area contributed by atoms with Crippen LogP contribution in [0.15, 0.2) is 24.3 Å². The number of benzene rings is 1. The number of amides is 1. The van der Waals surface area contributed by atoms with Crippen LogP contribution < -0.4 is 4.74 Å². The Morgan fingerprint density at radius 1 is 1.14 bits per heavy atom. The molecular formula is C20H26N4O4. The van der Waals surface area contributed by atoms with Crippen LogP contribution in [0.1, 0.15) is 12.0 Å². The summed E-state index contributed by atoms with van der Waals surface area (Å²) in [6.45, 7) is 4.93. The maximum absolute atomic E-state index is 12.6. The van der Waals surface area contributed by atoms with E-state index in [-0.39, 0.29) is 11.9 Å². The molecule has 0 bridgehead atoms. The van der Waals surface area contributed by atoms with Crippen molar-refractivity contribution < 1.29 is 19.4 Å². The number of ether oxygens (including phenoxy) is 1. The first-order valence-corrected chi connectivity index (χ1v) is 9.63. The summed E-state index contributed by atoms with van der Waals surface area (Å²) in [7, 11) is 3.82. The summed E-state index contributed by atoms with van der Waals surface area (Å²) in [5, 5.41) is 9.87. The van der Waals surface area contributed by atoms with Crippen LogP contribution in [0.5, 0.6) is 5.88 Å². The minimum Gasteiger partial charge on any atom is -0.449 e. The molecule has 0 aliphatic carbocycles. The molecule has 0 saturated carbocycles. The number of fused-ring (bicyclic) bond motifs is 1. The maximum atomic E-state index is 12.6. The van der Waals surface area contributed by atoms with Gasteiger partial charge in [0.05, 0.1) is 11.6 Å². The highest BCUT2D eigenvalue weighted by molar-refractivity contribution is 5.86. The molecule has 4 rings (SSSR count). The molecular weight excluding hydrogens is 360 g/mol. The summed E-state index contributed by atoms with van der Waals surface area (Å²) in [5.74, 6) is 0.573. The molecule has 1 aromatic heterocycles. The van der Waals surface area contributed by atoms with Crippen LogP contribution in [0.3, 0.4) is 0 Å². The van der Waals surface area contributed by atoms with Crippen molar-refractivity contribution >= 4 is 23.0 Å². The molecule has 2 aliphatic rings. The van der Waals surface area contributed by atoms with Gasteiger partial charge in [-0.15, -0.1) is 0 Å². The van der Waals surface area contributed by atoms with E-state index in [9.17, 15) is 9.59 Å². The molecule has 0 radical (unpaired) electrons. The Bertz CT molecular complexity index is 901. The first-order valence-electron chi connectivity index (χ1n) is 9.63. The minimum absolute atomic E-state index is 0.0660.